The largest absolute Gasteiger partial charge is 0.504 e. The number of methoxy groups -OCH3 is 1. The second kappa shape index (κ2) is 6.94. The number of likely N-dealkylation sites (tertiary alicyclic amines) is 1. The molecule has 3 rings (SSSR count). The van der Waals surface area contributed by atoms with Crippen LogP contribution in [-0.2, 0) is 16.1 Å². The molecule has 132 valence electrons. The summed E-state index contributed by atoms with van der Waals surface area (Å²) in [7, 11) is 1.43. The Hall–Kier alpha value is -2.87. The van der Waals surface area contributed by atoms with E-state index in [-0.39, 0.29) is 17.1 Å². The van der Waals surface area contributed by atoms with Crippen molar-refractivity contribution in [3.8, 4) is 11.5 Å². The number of nitrogens with one attached hydrogen (secondary N) is 2. The number of carbonyl (C=O) groups excluding carboxylic acids is 3. The average Bonchev–Trinajstić information content (AvgIpc) is 3.06. The summed E-state index contributed by atoms with van der Waals surface area (Å²) in [5.41, 5.74) is 0.999. The van der Waals surface area contributed by atoms with E-state index >= 15 is 0 Å². The summed E-state index contributed by atoms with van der Waals surface area (Å²) in [6.45, 7) is 2.47. The first-order valence-corrected chi connectivity index (χ1v) is 7.98. The standard InChI is InChI=1S/C17H19N3O5/c1-25-13-8-10(7-12-15(22)18-17(24)19-16(12)23)6-11(14(13)21)9-20-4-2-3-5-20/h6-8,21H,2-5,9H2,1H3,(H2,18,19,22,23,24). The average molecular weight is 345 g/mol. The number of nitrogens with zero attached hydrogens (tertiary/aromatic N) is 1. The fourth-order valence-corrected chi connectivity index (χ4v) is 3.00. The molecular formula is C17H19N3O5. The summed E-state index contributed by atoms with van der Waals surface area (Å²) in [6.07, 6.45) is 3.61. The van der Waals surface area contributed by atoms with Gasteiger partial charge in [-0.1, -0.05) is 0 Å². The Labute approximate surface area is 144 Å². The molecule has 2 saturated heterocycles. The summed E-state index contributed by atoms with van der Waals surface area (Å²) in [4.78, 5) is 37.0. The number of ether oxygens (including phenoxy) is 1. The first-order chi connectivity index (χ1) is 12.0. The lowest BCUT2D eigenvalue weighted by Gasteiger charge is -2.18. The highest BCUT2D eigenvalue weighted by molar-refractivity contribution is 6.31. The lowest BCUT2D eigenvalue weighted by molar-refractivity contribution is -0.123. The van der Waals surface area contributed by atoms with Crippen molar-refractivity contribution in [3.05, 3.63) is 28.8 Å². The number of phenols is 1. The molecule has 0 aromatic heterocycles. The molecule has 25 heavy (non-hydrogen) atoms. The Morgan fingerprint density at radius 1 is 1.16 bits per heavy atom. The van der Waals surface area contributed by atoms with Gasteiger partial charge >= 0.3 is 6.03 Å². The van der Waals surface area contributed by atoms with Crippen LogP contribution in [0.4, 0.5) is 4.79 Å². The van der Waals surface area contributed by atoms with Gasteiger partial charge in [0.25, 0.3) is 11.8 Å². The number of hydrogen-bond donors (Lipinski definition) is 3. The number of aromatic hydroxyl groups is 1. The lowest BCUT2D eigenvalue weighted by atomic mass is 10.0. The number of urea groups is 1. The van der Waals surface area contributed by atoms with E-state index in [0.717, 1.165) is 25.9 Å². The molecule has 0 radical (unpaired) electrons. The molecule has 2 aliphatic heterocycles. The summed E-state index contributed by atoms with van der Waals surface area (Å²) in [5, 5.41) is 14.4. The summed E-state index contributed by atoms with van der Waals surface area (Å²) in [5.74, 6) is -1.22. The summed E-state index contributed by atoms with van der Waals surface area (Å²) >= 11 is 0. The van der Waals surface area contributed by atoms with Crippen molar-refractivity contribution < 1.29 is 24.2 Å². The second-order valence-electron chi connectivity index (χ2n) is 6.01. The van der Waals surface area contributed by atoms with Gasteiger partial charge in [-0.25, -0.2) is 4.79 Å². The van der Waals surface area contributed by atoms with Gasteiger partial charge < -0.3 is 9.84 Å². The van der Waals surface area contributed by atoms with E-state index in [1.807, 2.05) is 10.6 Å². The maximum Gasteiger partial charge on any atom is 0.328 e. The number of phenolic OH excluding ortho intramolecular Hbond substituents is 1. The number of benzene rings is 1. The van der Waals surface area contributed by atoms with E-state index < -0.39 is 17.8 Å². The molecule has 2 aliphatic rings. The van der Waals surface area contributed by atoms with E-state index in [9.17, 15) is 19.5 Å². The van der Waals surface area contributed by atoms with E-state index in [4.69, 9.17) is 4.74 Å². The highest BCUT2D eigenvalue weighted by atomic mass is 16.5. The Kier molecular flexibility index (Phi) is 4.71. The second-order valence-corrected chi connectivity index (χ2v) is 6.01. The molecule has 4 amide bonds. The van der Waals surface area contributed by atoms with E-state index in [1.54, 1.807) is 6.07 Å². The number of amides is 4. The van der Waals surface area contributed by atoms with Gasteiger partial charge in [-0.05, 0) is 49.7 Å². The molecule has 0 bridgehead atoms. The number of hydrogen-bond acceptors (Lipinski definition) is 6. The van der Waals surface area contributed by atoms with Gasteiger partial charge in [0, 0.05) is 12.1 Å². The molecule has 2 heterocycles. The Balaban J connectivity index is 1.95. The Morgan fingerprint density at radius 2 is 1.80 bits per heavy atom. The van der Waals surface area contributed by atoms with Crippen molar-refractivity contribution in [3.63, 3.8) is 0 Å². The monoisotopic (exact) mass is 345 g/mol. The van der Waals surface area contributed by atoms with Gasteiger partial charge in [0.2, 0.25) is 0 Å². The molecule has 3 N–H and O–H groups in total. The minimum absolute atomic E-state index is 0.0456. The number of barbiturate groups is 1. The van der Waals surface area contributed by atoms with Crippen molar-refractivity contribution in [2.45, 2.75) is 19.4 Å². The third kappa shape index (κ3) is 3.63. The molecule has 8 heteroatoms. The van der Waals surface area contributed by atoms with Gasteiger partial charge in [0.05, 0.1) is 7.11 Å². The van der Waals surface area contributed by atoms with Crippen LogP contribution in [0.1, 0.15) is 24.0 Å². The minimum atomic E-state index is -0.842. The zero-order valence-corrected chi connectivity index (χ0v) is 13.8. The first kappa shape index (κ1) is 17.0. The Morgan fingerprint density at radius 3 is 2.40 bits per heavy atom. The molecule has 0 atom stereocenters. The molecule has 1 aromatic rings. The van der Waals surface area contributed by atoms with E-state index in [0.29, 0.717) is 17.7 Å². The van der Waals surface area contributed by atoms with E-state index in [2.05, 4.69) is 4.90 Å². The van der Waals surface area contributed by atoms with Crippen LogP contribution < -0.4 is 15.4 Å². The summed E-state index contributed by atoms with van der Waals surface area (Å²) < 4.78 is 5.20. The number of rotatable bonds is 4. The van der Waals surface area contributed by atoms with Crippen LogP contribution >= 0.6 is 0 Å². The van der Waals surface area contributed by atoms with Crippen LogP contribution in [-0.4, -0.2) is 48.1 Å². The van der Waals surface area contributed by atoms with Crippen LogP contribution in [0, 0.1) is 0 Å². The summed E-state index contributed by atoms with van der Waals surface area (Å²) in [6, 6.07) is 2.40. The Bertz CT molecular complexity index is 744. The fraction of sp³-hybridized carbons (Fsp3) is 0.353. The zero-order valence-electron chi connectivity index (χ0n) is 13.8. The predicted molar refractivity (Wildman–Crippen MR) is 88.8 cm³/mol. The van der Waals surface area contributed by atoms with Crippen LogP contribution in [0.15, 0.2) is 17.7 Å². The molecule has 0 spiro atoms. The molecular weight excluding hydrogens is 326 g/mol. The number of carbonyl (C=O) groups is 3. The van der Waals surface area contributed by atoms with Crippen molar-refractivity contribution in [2.75, 3.05) is 20.2 Å². The third-order valence-corrected chi connectivity index (χ3v) is 4.24. The van der Waals surface area contributed by atoms with Gasteiger partial charge in [0.15, 0.2) is 11.5 Å². The SMILES string of the molecule is COc1cc(C=C2C(=O)NC(=O)NC2=O)cc(CN2CCCC2)c1O. The highest BCUT2D eigenvalue weighted by Gasteiger charge is 2.28. The first-order valence-electron chi connectivity index (χ1n) is 7.98. The van der Waals surface area contributed by atoms with Crippen LogP contribution in [0.2, 0.25) is 0 Å². The molecule has 0 saturated carbocycles. The fourth-order valence-electron chi connectivity index (χ4n) is 3.00. The van der Waals surface area contributed by atoms with Gasteiger partial charge in [0.1, 0.15) is 5.57 Å². The van der Waals surface area contributed by atoms with Crippen molar-refractivity contribution in [2.24, 2.45) is 0 Å². The van der Waals surface area contributed by atoms with Gasteiger partial charge in [-0.2, -0.15) is 0 Å². The van der Waals surface area contributed by atoms with Crippen LogP contribution in [0.25, 0.3) is 6.08 Å². The molecule has 1 aromatic carbocycles. The van der Waals surface area contributed by atoms with Gasteiger partial charge in [-0.3, -0.25) is 25.1 Å². The van der Waals surface area contributed by atoms with Crippen molar-refractivity contribution >= 4 is 23.9 Å². The molecule has 0 aliphatic carbocycles. The van der Waals surface area contributed by atoms with Gasteiger partial charge in [-0.15, -0.1) is 0 Å². The predicted octanol–water partition coefficient (Wildman–Crippen LogP) is 0.746. The molecule has 8 nitrogen and oxygen atoms in total. The number of imide groups is 2. The zero-order chi connectivity index (χ0) is 18.0. The minimum Gasteiger partial charge on any atom is -0.504 e. The quantitative estimate of drug-likeness (QED) is 0.549. The maximum absolute atomic E-state index is 11.9. The smallest absolute Gasteiger partial charge is 0.328 e. The van der Waals surface area contributed by atoms with Crippen LogP contribution in [0.3, 0.4) is 0 Å². The maximum atomic E-state index is 11.9. The van der Waals surface area contributed by atoms with Crippen LogP contribution in [0.5, 0.6) is 11.5 Å². The topological polar surface area (TPSA) is 108 Å². The molecule has 0 unspecified atom stereocenters. The van der Waals surface area contributed by atoms with E-state index in [1.165, 1.54) is 19.3 Å². The lowest BCUT2D eigenvalue weighted by Crippen LogP contribution is -2.51. The normalized spacial score (nSPS) is 18.1. The van der Waals surface area contributed by atoms with Crippen molar-refractivity contribution in [1.82, 2.24) is 15.5 Å². The molecule has 2 fully saturated rings. The third-order valence-electron chi connectivity index (χ3n) is 4.24. The highest BCUT2D eigenvalue weighted by Crippen LogP contribution is 2.33. The van der Waals surface area contributed by atoms with Crippen molar-refractivity contribution in [1.29, 1.82) is 0 Å².